The summed E-state index contributed by atoms with van der Waals surface area (Å²) in [4.78, 5) is 10.5. The van der Waals surface area contributed by atoms with Crippen molar-refractivity contribution in [3.8, 4) is 0 Å². The predicted octanol–water partition coefficient (Wildman–Crippen LogP) is 3.12. The van der Waals surface area contributed by atoms with Crippen LogP contribution >= 0.6 is 11.6 Å². The smallest absolute Gasteiger partial charge is 0.304 e. The molecule has 2 rings (SSSR count). The Morgan fingerprint density at radius 2 is 2.05 bits per heavy atom. The molecule has 0 aromatic heterocycles. The van der Waals surface area contributed by atoms with Crippen LogP contribution in [0.25, 0.3) is 0 Å². The minimum atomic E-state index is -0.736. The number of carboxylic acid groups (broad SMARTS) is 1. The van der Waals surface area contributed by atoms with Crippen LogP contribution in [0.4, 0.5) is 0 Å². The van der Waals surface area contributed by atoms with E-state index in [1.807, 2.05) is 12.1 Å². The van der Waals surface area contributed by atoms with Crippen LogP contribution in [0.1, 0.15) is 31.2 Å². The van der Waals surface area contributed by atoms with Crippen LogP contribution in [-0.2, 0) is 11.2 Å². The quantitative estimate of drug-likeness (QED) is 0.842. The Morgan fingerprint density at radius 3 is 2.74 bits per heavy atom. The van der Waals surface area contributed by atoms with Gasteiger partial charge < -0.3 is 10.4 Å². The standard InChI is InChI=1S/C15H20ClNO2/c16-13-6-4-11(5-7-13)10-12-2-1-3-14(12)17-9-8-15(18)19/h4-7,12,14,17H,1-3,8-10H2,(H,18,19). The largest absolute Gasteiger partial charge is 0.481 e. The third-order valence-corrected chi connectivity index (χ3v) is 4.07. The summed E-state index contributed by atoms with van der Waals surface area (Å²) in [6.45, 7) is 0.567. The highest BCUT2D eigenvalue weighted by molar-refractivity contribution is 6.30. The van der Waals surface area contributed by atoms with Crippen LogP contribution in [0.3, 0.4) is 0 Å². The van der Waals surface area contributed by atoms with Gasteiger partial charge in [0.15, 0.2) is 0 Å². The molecule has 0 aliphatic heterocycles. The predicted molar refractivity (Wildman–Crippen MR) is 76.5 cm³/mol. The Balaban J connectivity index is 1.84. The second-order valence-corrected chi connectivity index (χ2v) is 5.66. The molecule has 0 heterocycles. The summed E-state index contributed by atoms with van der Waals surface area (Å²) in [5.41, 5.74) is 1.31. The van der Waals surface area contributed by atoms with Gasteiger partial charge in [0.05, 0.1) is 6.42 Å². The second kappa shape index (κ2) is 6.92. The van der Waals surface area contributed by atoms with Crippen molar-refractivity contribution >= 4 is 17.6 Å². The van der Waals surface area contributed by atoms with E-state index in [9.17, 15) is 4.79 Å². The van der Waals surface area contributed by atoms with E-state index in [4.69, 9.17) is 16.7 Å². The first-order chi connectivity index (χ1) is 9.15. The maximum atomic E-state index is 10.5. The molecule has 0 spiro atoms. The molecule has 0 saturated heterocycles. The first kappa shape index (κ1) is 14.4. The molecular formula is C15H20ClNO2. The van der Waals surface area contributed by atoms with Crippen molar-refractivity contribution in [2.75, 3.05) is 6.54 Å². The Hall–Kier alpha value is -1.06. The summed E-state index contributed by atoms with van der Waals surface area (Å²) in [6.07, 6.45) is 4.83. The number of hydrogen-bond acceptors (Lipinski definition) is 2. The van der Waals surface area contributed by atoms with Crippen LogP contribution in [0, 0.1) is 5.92 Å². The first-order valence-electron chi connectivity index (χ1n) is 6.85. The molecule has 104 valence electrons. The minimum absolute atomic E-state index is 0.199. The number of halogens is 1. The van der Waals surface area contributed by atoms with Crippen LogP contribution in [0.2, 0.25) is 5.02 Å². The molecule has 1 fully saturated rings. The van der Waals surface area contributed by atoms with Gasteiger partial charge in [0.2, 0.25) is 0 Å². The third-order valence-electron chi connectivity index (χ3n) is 3.82. The van der Waals surface area contributed by atoms with Crippen molar-refractivity contribution in [2.24, 2.45) is 5.92 Å². The fraction of sp³-hybridized carbons (Fsp3) is 0.533. The molecule has 3 nitrogen and oxygen atoms in total. The summed E-state index contributed by atoms with van der Waals surface area (Å²) in [5.74, 6) is -0.130. The minimum Gasteiger partial charge on any atom is -0.481 e. The van der Waals surface area contributed by atoms with Crippen molar-refractivity contribution in [3.05, 3.63) is 34.9 Å². The van der Waals surface area contributed by atoms with E-state index < -0.39 is 5.97 Å². The molecule has 1 aliphatic carbocycles. The van der Waals surface area contributed by atoms with Crippen molar-refractivity contribution < 1.29 is 9.90 Å². The van der Waals surface area contributed by atoms with Crippen LogP contribution in [0.15, 0.2) is 24.3 Å². The lowest BCUT2D eigenvalue weighted by atomic mass is 9.94. The van der Waals surface area contributed by atoms with Crippen LogP contribution in [-0.4, -0.2) is 23.7 Å². The van der Waals surface area contributed by atoms with E-state index in [1.54, 1.807) is 0 Å². The lowest BCUT2D eigenvalue weighted by Gasteiger charge is -2.21. The van der Waals surface area contributed by atoms with Crippen molar-refractivity contribution in [2.45, 2.75) is 38.1 Å². The molecule has 0 amide bonds. The highest BCUT2D eigenvalue weighted by Gasteiger charge is 2.26. The zero-order valence-corrected chi connectivity index (χ0v) is 11.7. The molecule has 1 aromatic carbocycles. The second-order valence-electron chi connectivity index (χ2n) is 5.23. The summed E-state index contributed by atoms with van der Waals surface area (Å²) in [5, 5.41) is 12.8. The average molecular weight is 282 g/mol. The summed E-state index contributed by atoms with van der Waals surface area (Å²) in [6, 6.07) is 8.47. The van der Waals surface area contributed by atoms with Gasteiger partial charge in [0, 0.05) is 17.6 Å². The van der Waals surface area contributed by atoms with Gasteiger partial charge in [-0.1, -0.05) is 30.2 Å². The maximum Gasteiger partial charge on any atom is 0.304 e. The monoisotopic (exact) mass is 281 g/mol. The van der Waals surface area contributed by atoms with E-state index in [1.165, 1.54) is 18.4 Å². The highest BCUT2D eigenvalue weighted by atomic mass is 35.5. The Kier molecular flexibility index (Phi) is 5.23. The van der Waals surface area contributed by atoms with Crippen LogP contribution < -0.4 is 5.32 Å². The Morgan fingerprint density at radius 1 is 1.32 bits per heavy atom. The lowest BCUT2D eigenvalue weighted by molar-refractivity contribution is -0.136. The molecule has 1 aromatic rings. The molecule has 2 N–H and O–H groups in total. The van der Waals surface area contributed by atoms with E-state index in [-0.39, 0.29) is 6.42 Å². The molecular weight excluding hydrogens is 262 g/mol. The van der Waals surface area contributed by atoms with Gasteiger partial charge in [-0.3, -0.25) is 4.79 Å². The van der Waals surface area contributed by atoms with Gasteiger partial charge in [-0.05, 0) is 42.9 Å². The summed E-state index contributed by atoms with van der Waals surface area (Å²) in [7, 11) is 0. The zero-order chi connectivity index (χ0) is 13.7. The molecule has 2 unspecified atom stereocenters. The van der Waals surface area contributed by atoms with Crippen molar-refractivity contribution in [1.82, 2.24) is 5.32 Å². The van der Waals surface area contributed by atoms with Gasteiger partial charge in [-0.2, -0.15) is 0 Å². The number of rotatable bonds is 6. The van der Waals surface area contributed by atoms with Crippen molar-refractivity contribution in [1.29, 1.82) is 0 Å². The SMILES string of the molecule is O=C(O)CCNC1CCCC1Cc1ccc(Cl)cc1. The number of benzene rings is 1. The van der Waals surface area contributed by atoms with Crippen molar-refractivity contribution in [3.63, 3.8) is 0 Å². The third kappa shape index (κ3) is 4.51. The molecule has 1 saturated carbocycles. The van der Waals surface area contributed by atoms with Gasteiger partial charge in [-0.15, -0.1) is 0 Å². The summed E-state index contributed by atoms with van der Waals surface area (Å²) >= 11 is 5.89. The summed E-state index contributed by atoms with van der Waals surface area (Å²) < 4.78 is 0. The van der Waals surface area contributed by atoms with Gasteiger partial charge >= 0.3 is 5.97 Å². The normalized spacial score (nSPS) is 22.6. The fourth-order valence-corrected chi connectivity index (χ4v) is 2.96. The lowest BCUT2D eigenvalue weighted by Crippen LogP contribution is -2.34. The van der Waals surface area contributed by atoms with E-state index in [0.717, 1.165) is 17.9 Å². The molecule has 1 aliphatic rings. The van der Waals surface area contributed by atoms with E-state index in [0.29, 0.717) is 18.5 Å². The Labute approximate surface area is 119 Å². The number of carboxylic acids is 1. The first-order valence-corrected chi connectivity index (χ1v) is 7.22. The van der Waals surface area contributed by atoms with Gasteiger partial charge in [-0.25, -0.2) is 0 Å². The molecule has 19 heavy (non-hydrogen) atoms. The topological polar surface area (TPSA) is 49.3 Å². The molecule has 2 atom stereocenters. The fourth-order valence-electron chi connectivity index (χ4n) is 2.84. The highest BCUT2D eigenvalue weighted by Crippen LogP contribution is 2.29. The van der Waals surface area contributed by atoms with Crippen LogP contribution in [0.5, 0.6) is 0 Å². The molecule has 4 heteroatoms. The zero-order valence-electron chi connectivity index (χ0n) is 10.9. The van der Waals surface area contributed by atoms with Gasteiger partial charge in [0.25, 0.3) is 0 Å². The number of nitrogens with one attached hydrogen (secondary N) is 1. The molecule has 0 radical (unpaired) electrons. The van der Waals surface area contributed by atoms with Gasteiger partial charge in [0.1, 0.15) is 0 Å². The number of aliphatic carboxylic acids is 1. The maximum absolute atomic E-state index is 10.5. The number of carbonyl (C=O) groups is 1. The molecule has 0 bridgehead atoms. The van der Waals surface area contributed by atoms with E-state index >= 15 is 0 Å². The number of hydrogen-bond donors (Lipinski definition) is 2. The van der Waals surface area contributed by atoms with E-state index in [2.05, 4.69) is 17.4 Å². The Bertz CT molecular complexity index is 419. The average Bonchev–Trinajstić information content (AvgIpc) is 2.79.